The van der Waals surface area contributed by atoms with Gasteiger partial charge in [0.15, 0.2) is 0 Å². The van der Waals surface area contributed by atoms with Crippen molar-refractivity contribution >= 4 is 27.7 Å². The molecule has 0 radical (unpaired) electrons. The highest BCUT2D eigenvalue weighted by atomic mass is 32.2. The Kier molecular flexibility index (Phi) is 6.70. The third-order valence-electron chi connectivity index (χ3n) is 2.84. The zero-order valence-corrected chi connectivity index (χ0v) is 14.4. The molecule has 0 atom stereocenters. The first kappa shape index (κ1) is 18.0. The number of nitrogens with one attached hydrogen (secondary N) is 1. The molecular formula is C14H22N2O3S2. The molecule has 1 N–H and O–H groups in total. The number of carbonyl (C=O) groups is 1. The lowest BCUT2D eigenvalue weighted by Gasteiger charge is -2.17. The van der Waals surface area contributed by atoms with E-state index in [2.05, 4.69) is 5.32 Å². The predicted molar refractivity (Wildman–Crippen MR) is 85.9 cm³/mol. The van der Waals surface area contributed by atoms with Crippen LogP contribution in [-0.4, -0.2) is 45.0 Å². The average Bonchev–Trinajstić information content (AvgIpc) is 2.45. The van der Waals surface area contributed by atoms with Gasteiger partial charge >= 0.3 is 0 Å². The first-order valence-corrected chi connectivity index (χ1v) is 9.31. The number of thioether (sulfide) groups is 1. The molecule has 5 nitrogen and oxygen atoms in total. The van der Waals surface area contributed by atoms with Crippen molar-refractivity contribution in [2.45, 2.75) is 23.6 Å². The number of likely N-dealkylation sites (N-methyl/N-ethyl adjacent to an activating group) is 1. The summed E-state index contributed by atoms with van der Waals surface area (Å²) >= 11 is 1.54. The highest BCUT2D eigenvalue weighted by Crippen LogP contribution is 2.19. The lowest BCUT2D eigenvalue weighted by molar-refractivity contribution is -0.121. The lowest BCUT2D eigenvalue weighted by Crippen LogP contribution is -2.39. The van der Waals surface area contributed by atoms with Crippen LogP contribution in [0.15, 0.2) is 34.1 Å². The largest absolute Gasteiger partial charge is 0.355 e. The van der Waals surface area contributed by atoms with Gasteiger partial charge in [0.05, 0.1) is 11.4 Å². The van der Waals surface area contributed by atoms with Gasteiger partial charge in [0.25, 0.3) is 0 Å². The molecule has 1 amide bonds. The number of benzene rings is 1. The second-order valence-electron chi connectivity index (χ2n) is 5.13. The fourth-order valence-electron chi connectivity index (χ4n) is 1.59. The van der Waals surface area contributed by atoms with E-state index < -0.39 is 10.0 Å². The monoisotopic (exact) mass is 330 g/mol. The zero-order valence-electron chi connectivity index (χ0n) is 12.8. The fourth-order valence-corrected chi connectivity index (χ4v) is 3.12. The summed E-state index contributed by atoms with van der Waals surface area (Å²) in [6.45, 7) is 4.32. The summed E-state index contributed by atoms with van der Waals surface area (Å²) < 4.78 is 25.8. The minimum Gasteiger partial charge on any atom is -0.355 e. The van der Waals surface area contributed by atoms with E-state index in [-0.39, 0.29) is 17.3 Å². The van der Waals surface area contributed by atoms with Gasteiger partial charge in [-0.15, -0.1) is 11.8 Å². The summed E-state index contributed by atoms with van der Waals surface area (Å²) in [6, 6.07) is 6.63. The highest BCUT2D eigenvalue weighted by molar-refractivity contribution is 7.98. The van der Waals surface area contributed by atoms with Crippen molar-refractivity contribution in [3.8, 4) is 0 Å². The van der Waals surface area contributed by atoms with Crippen molar-refractivity contribution in [2.24, 2.45) is 5.92 Å². The number of nitrogens with zero attached hydrogens (tertiary/aromatic N) is 1. The number of carbonyl (C=O) groups excluding carboxylic acids is 1. The number of rotatable bonds is 7. The molecule has 0 fully saturated rings. The molecular weight excluding hydrogens is 308 g/mol. The summed E-state index contributed by atoms with van der Waals surface area (Å²) in [6.07, 6.45) is 1.93. The molecule has 1 aromatic carbocycles. The van der Waals surface area contributed by atoms with Gasteiger partial charge in [-0.3, -0.25) is 4.79 Å². The minimum absolute atomic E-state index is 0.181. The quantitative estimate of drug-likeness (QED) is 0.774. The predicted octanol–water partition coefficient (Wildman–Crippen LogP) is 1.80. The van der Waals surface area contributed by atoms with Gasteiger partial charge in [0, 0.05) is 18.5 Å². The van der Waals surface area contributed by atoms with Crippen LogP contribution in [0.2, 0.25) is 0 Å². The lowest BCUT2D eigenvalue weighted by atomic mass is 10.2. The summed E-state index contributed by atoms with van der Waals surface area (Å²) in [5.41, 5.74) is 0. The van der Waals surface area contributed by atoms with Crippen LogP contribution in [0, 0.1) is 5.92 Å². The van der Waals surface area contributed by atoms with E-state index in [1.807, 2.05) is 20.1 Å². The molecule has 0 spiro atoms. The molecule has 0 aliphatic rings. The van der Waals surface area contributed by atoms with E-state index in [0.29, 0.717) is 12.5 Å². The van der Waals surface area contributed by atoms with Gasteiger partial charge in [0.1, 0.15) is 0 Å². The molecule has 7 heteroatoms. The normalized spacial score (nSPS) is 11.9. The number of hydrogen-bond acceptors (Lipinski definition) is 4. The maximum absolute atomic E-state index is 12.3. The molecule has 0 saturated carbocycles. The Morgan fingerprint density at radius 3 is 2.33 bits per heavy atom. The molecule has 0 aromatic heterocycles. The summed E-state index contributed by atoms with van der Waals surface area (Å²) in [5, 5.41) is 2.71. The van der Waals surface area contributed by atoms with Crippen molar-refractivity contribution in [2.75, 3.05) is 26.4 Å². The molecule has 0 heterocycles. The Hall–Kier alpha value is -1.05. The van der Waals surface area contributed by atoms with Crippen LogP contribution in [0.1, 0.15) is 13.8 Å². The molecule has 21 heavy (non-hydrogen) atoms. The molecule has 0 bridgehead atoms. The molecule has 0 unspecified atom stereocenters. The van der Waals surface area contributed by atoms with Gasteiger partial charge < -0.3 is 5.32 Å². The van der Waals surface area contributed by atoms with E-state index in [1.165, 1.54) is 7.05 Å². The van der Waals surface area contributed by atoms with E-state index >= 15 is 0 Å². The summed E-state index contributed by atoms with van der Waals surface area (Å²) in [7, 11) is -2.22. The maximum Gasteiger partial charge on any atom is 0.243 e. The first-order chi connectivity index (χ1) is 9.77. The molecule has 1 aromatic rings. The second-order valence-corrected chi connectivity index (χ2v) is 8.06. The topological polar surface area (TPSA) is 66.5 Å². The third kappa shape index (κ3) is 5.33. The number of sulfonamides is 1. The Bertz CT molecular complexity index is 568. The zero-order chi connectivity index (χ0) is 16.0. The minimum atomic E-state index is -3.63. The van der Waals surface area contributed by atoms with Crippen molar-refractivity contribution in [3.05, 3.63) is 24.3 Å². The van der Waals surface area contributed by atoms with Gasteiger partial charge in [-0.1, -0.05) is 13.8 Å². The molecule has 1 rings (SSSR count). The van der Waals surface area contributed by atoms with Crippen LogP contribution in [0.25, 0.3) is 0 Å². The standard InChI is InChI=1S/C14H22N2O3S2/c1-11(2)9-15-14(17)10-16(3)21(18,19)13-7-5-12(20-4)6-8-13/h5-8,11H,9-10H2,1-4H3,(H,15,17). The van der Waals surface area contributed by atoms with Gasteiger partial charge in [-0.2, -0.15) is 4.31 Å². The van der Waals surface area contributed by atoms with Crippen LogP contribution >= 0.6 is 11.8 Å². The first-order valence-electron chi connectivity index (χ1n) is 6.64. The Labute approximate surface area is 131 Å². The number of hydrogen-bond donors (Lipinski definition) is 1. The maximum atomic E-state index is 12.3. The molecule has 118 valence electrons. The second kappa shape index (κ2) is 7.82. The fraction of sp³-hybridized carbons (Fsp3) is 0.500. The molecule has 0 saturated heterocycles. The van der Waals surface area contributed by atoms with Crippen LogP contribution in [0.5, 0.6) is 0 Å². The molecule has 0 aliphatic heterocycles. The van der Waals surface area contributed by atoms with Crippen molar-refractivity contribution in [1.29, 1.82) is 0 Å². The third-order valence-corrected chi connectivity index (χ3v) is 5.40. The van der Waals surface area contributed by atoms with E-state index in [4.69, 9.17) is 0 Å². The van der Waals surface area contributed by atoms with E-state index in [0.717, 1.165) is 9.20 Å². The molecule has 0 aliphatic carbocycles. The Morgan fingerprint density at radius 2 is 1.86 bits per heavy atom. The van der Waals surface area contributed by atoms with Crippen molar-refractivity contribution in [1.82, 2.24) is 9.62 Å². The van der Waals surface area contributed by atoms with Crippen LogP contribution in [-0.2, 0) is 14.8 Å². The van der Waals surface area contributed by atoms with E-state index in [1.54, 1.807) is 36.0 Å². The number of amides is 1. The van der Waals surface area contributed by atoms with Crippen LogP contribution in [0.3, 0.4) is 0 Å². The van der Waals surface area contributed by atoms with Crippen LogP contribution < -0.4 is 5.32 Å². The average molecular weight is 330 g/mol. The Balaban J connectivity index is 2.74. The van der Waals surface area contributed by atoms with Crippen LogP contribution in [0.4, 0.5) is 0 Å². The Morgan fingerprint density at radius 1 is 1.29 bits per heavy atom. The van der Waals surface area contributed by atoms with Crippen molar-refractivity contribution in [3.63, 3.8) is 0 Å². The van der Waals surface area contributed by atoms with E-state index in [9.17, 15) is 13.2 Å². The van der Waals surface area contributed by atoms with Gasteiger partial charge in [0.2, 0.25) is 15.9 Å². The smallest absolute Gasteiger partial charge is 0.243 e. The highest BCUT2D eigenvalue weighted by Gasteiger charge is 2.22. The van der Waals surface area contributed by atoms with Gasteiger partial charge in [-0.05, 0) is 36.4 Å². The summed E-state index contributed by atoms with van der Waals surface area (Å²) in [4.78, 5) is 12.9. The summed E-state index contributed by atoms with van der Waals surface area (Å²) in [5.74, 6) is 0.0328. The van der Waals surface area contributed by atoms with Gasteiger partial charge in [-0.25, -0.2) is 8.42 Å². The SMILES string of the molecule is CSc1ccc(S(=O)(=O)N(C)CC(=O)NCC(C)C)cc1. The van der Waals surface area contributed by atoms with Crippen molar-refractivity contribution < 1.29 is 13.2 Å².